The summed E-state index contributed by atoms with van der Waals surface area (Å²) in [4.78, 5) is 2.28. The summed E-state index contributed by atoms with van der Waals surface area (Å²) in [6.45, 7) is 6.56. The number of nitrogens with zero attached hydrogens (tertiary/aromatic N) is 1. The summed E-state index contributed by atoms with van der Waals surface area (Å²) in [5.74, 6) is 4.05. The number of alkyl halides is 9. The number of hydrogen-bond acceptors (Lipinski definition) is 7. The van der Waals surface area contributed by atoms with Gasteiger partial charge in [-0.2, -0.15) is 39.5 Å². The number of ether oxygens (including phenoxy) is 4. The van der Waals surface area contributed by atoms with Crippen molar-refractivity contribution in [2.75, 3.05) is 64.7 Å². The van der Waals surface area contributed by atoms with Gasteiger partial charge in [-0.05, 0) is 118 Å². The Kier molecular flexibility index (Phi) is 15.7. The highest BCUT2D eigenvalue weighted by atomic mass is 33.1. The molecule has 0 amide bonds. The van der Waals surface area contributed by atoms with Crippen molar-refractivity contribution in [2.45, 2.75) is 108 Å². The number of aryl methyl sites for hydroxylation is 1. The van der Waals surface area contributed by atoms with Crippen molar-refractivity contribution in [2.24, 2.45) is 17.3 Å². The molecular formula is C36H52F9NO4S2. The van der Waals surface area contributed by atoms with E-state index >= 15 is 0 Å². The second-order valence-corrected chi connectivity index (χ2v) is 17.1. The number of likely N-dealkylation sites (N-methyl/N-ethyl adjacent to an activating group) is 1. The molecule has 0 N–H and O–H groups in total. The minimum atomic E-state index is -6.73. The van der Waals surface area contributed by atoms with Crippen molar-refractivity contribution in [3.05, 3.63) is 29.3 Å². The molecule has 3 aliphatic carbocycles. The maximum atomic E-state index is 13.2. The first-order valence-electron chi connectivity index (χ1n) is 18.2. The van der Waals surface area contributed by atoms with Crippen LogP contribution in [0.1, 0.15) is 82.3 Å². The van der Waals surface area contributed by atoms with E-state index in [4.69, 9.17) is 14.2 Å². The van der Waals surface area contributed by atoms with E-state index in [9.17, 15) is 39.5 Å². The summed E-state index contributed by atoms with van der Waals surface area (Å²) in [6.07, 6.45) is -13.7. The standard InChI is InChI=1S/C36H52F9NO4S2/c1-4-17-47-21-23-52-51-22-5-15-46(3)16-20-48-26-8-10-27-25(24-26)7-9-29-28(27)13-14-32(2)30(29)11-12-31(32)49-18-6-19-50-33(34(37,38)39,35(40,41)42)36(43,44)45/h8,10,24,28-31H,4-7,9,11-23H2,1-3H3/t28?,29-,30?,31+,32+/m1/s1. The first-order chi connectivity index (χ1) is 24.5. The number of benzene rings is 1. The normalized spacial score (nSPS) is 25.2. The summed E-state index contributed by atoms with van der Waals surface area (Å²) < 4.78 is 140. The van der Waals surface area contributed by atoms with Crippen LogP contribution in [0.3, 0.4) is 0 Å². The monoisotopic (exact) mass is 797 g/mol. The van der Waals surface area contributed by atoms with Crippen LogP contribution in [0.4, 0.5) is 39.5 Å². The molecule has 300 valence electrons. The first-order valence-corrected chi connectivity index (χ1v) is 20.7. The fourth-order valence-corrected chi connectivity index (χ4v) is 10.3. The number of hydrogen-bond donors (Lipinski definition) is 0. The molecule has 0 heterocycles. The molecule has 5 nitrogen and oxygen atoms in total. The Morgan fingerprint density at radius 3 is 2.21 bits per heavy atom. The molecule has 0 bridgehead atoms. The molecule has 52 heavy (non-hydrogen) atoms. The van der Waals surface area contributed by atoms with E-state index in [2.05, 4.69) is 42.7 Å². The summed E-state index contributed by atoms with van der Waals surface area (Å²) in [6, 6.07) is 6.38. The van der Waals surface area contributed by atoms with E-state index in [0.29, 0.717) is 30.8 Å². The molecule has 2 fully saturated rings. The topological polar surface area (TPSA) is 40.2 Å². The van der Waals surface area contributed by atoms with Gasteiger partial charge in [0, 0.05) is 31.3 Å². The van der Waals surface area contributed by atoms with Gasteiger partial charge in [0.15, 0.2) is 0 Å². The fourth-order valence-electron chi connectivity index (χ4n) is 8.39. The second-order valence-electron chi connectivity index (χ2n) is 14.4. The summed E-state index contributed by atoms with van der Waals surface area (Å²) in [5, 5.41) is 0. The summed E-state index contributed by atoms with van der Waals surface area (Å²) >= 11 is 0. The van der Waals surface area contributed by atoms with Crippen molar-refractivity contribution >= 4 is 21.6 Å². The lowest BCUT2D eigenvalue weighted by molar-refractivity contribution is -0.457. The number of fused-ring (bicyclic) bond motifs is 5. The first kappa shape index (κ1) is 43.7. The van der Waals surface area contributed by atoms with Gasteiger partial charge < -0.3 is 23.8 Å². The maximum absolute atomic E-state index is 13.2. The highest BCUT2D eigenvalue weighted by molar-refractivity contribution is 8.76. The molecule has 4 rings (SSSR count). The van der Waals surface area contributed by atoms with Crippen molar-refractivity contribution in [3.8, 4) is 5.75 Å². The summed E-state index contributed by atoms with van der Waals surface area (Å²) in [5.41, 5.74) is -3.87. The zero-order valence-corrected chi connectivity index (χ0v) is 31.7. The Morgan fingerprint density at radius 1 is 0.808 bits per heavy atom. The van der Waals surface area contributed by atoms with E-state index < -0.39 is 37.2 Å². The minimum Gasteiger partial charge on any atom is -0.492 e. The third-order valence-corrected chi connectivity index (χ3v) is 13.4. The van der Waals surface area contributed by atoms with Crippen molar-refractivity contribution in [1.29, 1.82) is 0 Å². The van der Waals surface area contributed by atoms with E-state index in [1.807, 2.05) is 27.7 Å². The second kappa shape index (κ2) is 18.7. The fraction of sp³-hybridized carbons (Fsp3) is 0.833. The van der Waals surface area contributed by atoms with Crippen LogP contribution in [0, 0.1) is 17.3 Å². The molecule has 3 aliphatic rings. The minimum absolute atomic E-state index is 0.247. The predicted octanol–water partition coefficient (Wildman–Crippen LogP) is 10.3. The van der Waals surface area contributed by atoms with Crippen LogP contribution in [0.25, 0.3) is 0 Å². The Hall–Kier alpha value is -1.07. The zero-order valence-electron chi connectivity index (χ0n) is 30.1. The summed E-state index contributed by atoms with van der Waals surface area (Å²) in [7, 11) is 5.85. The van der Waals surface area contributed by atoms with Gasteiger partial charge >= 0.3 is 24.1 Å². The Bertz CT molecular complexity index is 1220. The smallest absolute Gasteiger partial charge is 0.435 e. The highest BCUT2D eigenvalue weighted by Gasteiger charge is 2.85. The van der Waals surface area contributed by atoms with Gasteiger partial charge in [0.25, 0.3) is 0 Å². The van der Waals surface area contributed by atoms with Crippen LogP contribution in [0.15, 0.2) is 18.2 Å². The average molecular weight is 798 g/mol. The van der Waals surface area contributed by atoms with Crippen LogP contribution in [-0.2, 0) is 20.6 Å². The maximum Gasteiger partial charge on any atom is 0.435 e. The molecule has 1 aromatic carbocycles. The molecule has 0 spiro atoms. The number of rotatable bonds is 20. The van der Waals surface area contributed by atoms with Gasteiger partial charge in [-0.3, -0.25) is 0 Å². The van der Waals surface area contributed by atoms with Crippen molar-refractivity contribution in [1.82, 2.24) is 4.90 Å². The van der Waals surface area contributed by atoms with Gasteiger partial charge in [-0.25, -0.2) is 0 Å². The highest BCUT2D eigenvalue weighted by Crippen LogP contribution is 2.62. The van der Waals surface area contributed by atoms with E-state index in [-0.39, 0.29) is 18.1 Å². The van der Waals surface area contributed by atoms with Crippen LogP contribution in [0.5, 0.6) is 5.75 Å². The molecule has 2 saturated carbocycles. The molecule has 0 aliphatic heterocycles. The Morgan fingerprint density at radius 2 is 1.52 bits per heavy atom. The van der Waals surface area contributed by atoms with Crippen molar-refractivity contribution < 1.29 is 58.5 Å². The molecular weight excluding hydrogens is 746 g/mol. The van der Waals surface area contributed by atoms with Gasteiger partial charge in [0.1, 0.15) is 12.4 Å². The van der Waals surface area contributed by atoms with Crippen LogP contribution < -0.4 is 4.74 Å². The Labute approximate surface area is 309 Å². The zero-order chi connectivity index (χ0) is 38.2. The van der Waals surface area contributed by atoms with E-state index in [1.54, 1.807) is 0 Å². The van der Waals surface area contributed by atoms with Crippen LogP contribution in [0.2, 0.25) is 0 Å². The van der Waals surface area contributed by atoms with E-state index in [1.165, 1.54) is 11.1 Å². The number of halogens is 9. The van der Waals surface area contributed by atoms with Crippen LogP contribution in [-0.4, -0.2) is 99.8 Å². The molecule has 0 aromatic heterocycles. The molecule has 0 saturated heterocycles. The average Bonchev–Trinajstić information content (AvgIpc) is 3.39. The van der Waals surface area contributed by atoms with Gasteiger partial charge in [0.2, 0.25) is 0 Å². The molecule has 1 aromatic rings. The lowest BCUT2D eigenvalue weighted by atomic mass is 9.55. The molecule has 5 atom stereocenters. The predicted molar refractivity (Wildman–Crippen MR) is 186 cm³/mol. The molecule has 16 heteroatoms. The Balaban J connectivity index is 1.21. The van der Waals surface area contributed by atoms with Crippen molar-refractivity contribution in [3.63, 3.8) is 0 Å². The molecule has 2 unspecified atom stereocenters. The van der Waals surface area contributed by atoms with Gasteiger partial charge in [-0.1, -0.05) is 41.5 Å². The van der Waals surface area contributed by atoms with E-state index in [0.717, 1.165) is 88.5 Å². The SMILES string of the molecule is CCCOCCSSCCCN(C)CCOc1ccc2c(c1)CC[C@@H]1C2CC[C@@]2(C)C1CC[C@@H]2OCCCOC(C(F)(F)F)(C(F)(F)F)C(F)(F)F. The van der Waals surface area contributed by atoms with Gasteiger partial charge in [0.05, 0.1) is 19.3 Å². The lowest BCUT2D eigenvalue weighted by Gasteiger charge is -2.50. The molecule has 0 radical (unpaired) electrons. The largest absolute Gasteiger partial charge is 0.492 e. The lowest BCUT2D eigenvalue weighted by Crippen LogP contribution is -2.67. The van der Waals surface area contributed by atoms with Crippen LogP contribution >= 0.6 is 21.6 Å². The van der Waals surface area contributed by atoms with Gasteiger partial charge in [-0.15, -0.1) is 0 Å². The quantitative estimate of drug-likeness (QED) is 0.0739. The third-order valence-electron chi connectivity index (χ3n) is 11.0. The third kappa shape index (κ3) is 10.2.